The van der Waals surface area contributed by atoms with Gasteiger partial charge in [-0.2, -0.15) is 0 Å². The molecule has 0 radical (unpaired) electrons. The van der Waals surface area contributed by atoms with Crippen molar-refractivity contribution in [2.45, 2.75) is 32.6 Å². The highest BCUT2D eigenvalue weighted by Crippen LogP contribution is 2.36. The first-order chi connectivity index (χ1) is 8.12. The van der Waals surface area contributed by atoms with E-state index in [1.807, 2.05) is 6.20 Å². The predicted octanol–water partition coefficient (Wildman–Crippen LogP) is 3.50. The third-order valence-electron chi connectivity index (χ3n) is 3.46. The second-order valence-electron chi connectivity index (χ2n) is 5.17. The van der Waals surface area contributed by atoms with E-state index in [1.165, 1.54) is 10.8 Å². The van der Waals surface area contributed by atoms with Gasteiger partial charge in [0.25, 0.3) is 0 Å². The Labute approximate surface area is 101 Å². The summed E-state index contributed by atoms with van der Waals surface area (Å²) in [4.78, 5) is 9.24. The van der Waals surface area contributed by atoms with E-state index in [2.05, 4.69) is 50.0 Å². The lowest BCUT2D eigenvalue weighted by Crippen LogP contribution is -2.20. The van der Waals surface area contributed by atoms with Crippen LogP contribution in [0.25, 0.3) is 16.8 Å². The molecule has 0 N–H and O–H groups in total. The molecule has 0 aromatic carbocycles. The van der Waals surface area contributed by atoms with Gasteiger partial charge in [0.2, 0.25) is 0 Å². The molecule has 0 spiro atoms. The van der Waals surface area contributed by atoms with E-state index in [0.717, 1.165) is 23.5 Å². The molecule has 2 aromatic heterocycles. The Hall–Kier alpha value is -1.70. The van der Waals surface area contributed by atoms with Gasteiger partial charge in [0.15, 0.2) is 0 Å². The summed E-state index contributed by atoms with van der Waals surface area (Å²) >= 11 is 0. The molecule has 0 saturated carbocycles. The number of rotatable bonds is 1. The molecule has 0 bridgehead atoms. The van der Waals surface area contributed by atoms with Crippen molar-refractivity contribution in [3.63, 3.8) is 0 Å². The Morgan fingerprint density at radius 1 is 1.29 bits per heavy atom. The van der Waals surface area contributed by atoms with Crippen LogP contribution in [0.4, 0.5) is 0 Å². The van der Waals surface area contributed by atoms with Crippen molar-refractivity contribution >= 4 is 16.8 Å². The molecule has 0 fully saturated rings. The zero-order valence-corrected chi connectivity index (χ0v) is 10.5. The molecule has 17 heavy (non-hydrogen) atoms. The van der Waals surface area contributed by atoms with Gasteiger partial charge in [-0.25, -0.2) is 0 Å². The number of nitrogens with zero attached hydrogens (tertiary/aromatic N) is 2. The average Bonchev–Trinajstić information content (AvgIpc) is 2.33. The third kappa shape index (κ3) is 1.47. The van der Waals surface area contributed by atoms with Gasteiger partial charge in [0, 0.05) is 22.7 Å². The lowest BCUT2D eigenvalue weighted by atomic mass is 9.81. The van der Waals surface area contributed by atoms with E-state index in [9.17, 15) is 0 Å². The maximum absolute atomic E-state index is 4.81. The van der Waals surface area contributed by atoms with Crippen LogP contribution in [-0.4, -0.2) is 9.97 Å². The number of aromatic nitrogens is 2. The quantitative estimate of drug-likeness (QED) is 0.741. The molecule has 0 unspecified atom stereocenters. The Morgan fingerprint density at radius 3 is 2.88 bits per heavy atom. The van der Waals surface area contributed by atoms with Crippen LogP contribution in [-0.2, 0) is 11.8 Å². The van der Waals surface area contributed by atoms with Crippen LogP contribution < -0.4 is 0 Å². The Balaban J connectivity index is 2.46. The van der Waals surface area contributed by atoms with Crippen molar-refractivity contribution in [1.29, 1.82) is 0 Å². The lowest BCUT2D eigenvalue weighted by Gasteiger charge is -2.26. The van der Waals surface area contributed by atoms with Crippen molar-refractivity contribution < 1.29 is 0 Å². The van der Waals surface area contributed by atoms with Crippen LogP contribution in [0.2, 0.25) is 0 Å². The van der Waals surface area contributed by atoms with Gasteiger partial charge in [-0.1, -0.05) is 26.8 Å². The summed E-state index contributed by atoms with van der Waals surface area (Å²) in [6.45, 7) is 6.57. The summed E-state index contributed by atoms with van der Waals surface area (Å²) < 4.78 is 0. The predicted molar refractivity (Wildman–Crippen MR) is 71.0 cm³/mol. The van der Waals surface area contributed by atoms with Crippen LogP contribution >= 0.6 is 0 Å². The van der Waals surface area contributed by atoms with Crippen molar-refractivity contribution in [2.24, 2.45) is 0 Å². The molecule has 0 atom stereocenters. The van der Waals surface area contributed by atoms with Crippen molar-refractivity contribution in [3.8, 4) is 0 Å². The SMILES string of the molecule is CCc1cc2ccnc3c2c(n1)C(C)(C)C=C3. The molecule has 2 nitrogen and oxygen atoms in total. The summed E-state index contributed by atoms with van der Waals surface area (Å²) in [7, 11) is 0. The van der Waals surface area contributed by atoms with E-state index in [1.54, 1.807) is 0 Å². The van der Waals surface area contributed by atoms with E-state index >= 15 is 0 Å². The molecular formula is C15H16N2. The van der Waals surface area contributed by atoms with Crippen LogP contribution in [0.5, 0.6) is 0 Å². The Kier molecular flexibility index (Phi) is 2.09. The molecule has 0 amide bonds. The number of hydrogen-bond acceptors (Lipinski definition) is 2. The molecular weight excluding hydrogens is 208 g/mol. The zero-order valence-electron chi connectivity index (χ0n) is 10.5. The van der Waals surface area contributed by atoms with Gasteiger partial charge in [0.1, 0.15) is 0 Å². The highest BCUT2D eigenvalue weighted by atomic mass is 14.8. The molecule has 2 heterocycles. The highest BCUT2D eigenvalue weighted by molar-refractivity contribution is 5.93. The first-order valence-corrected chi connectivity index (χ1v) is 6.10. The van der Waals surface area contributed by atoms with Gasteiger partial charge in [-0.05, 0) is 30.0 Å². The standard InChI is InChI=1S/C15H16N2/c1-4-11-9-10-6-8-16-12-5-7-15(2,3)14(17-11)13(10)12/h5-9H,4H2,1-3H3. The van der Waals surface area contributed by atoms with E-state index in [4.69, 9.17) is 4.98 Å². The molecule has 0 aliphatic heterocycles. The summed E-state index contributed by atoms with van der Waals surface area (Å²) in [6.07, 6.45) is 7.16. The van der Waals surface area contributed by atoms with E-state index < -0.39 is 0 Å². The summed E-state index contributed by atoms with van der Waals surface area (Å²) in [6, 6.07) is 4.26. The first-order valence-electron chi connectivity index (χ1n) is 6.10. The lowest BCUT2D eigenvalue weighted by molar-refractivity contribution is 0.646. The molecule has 1 aliphatic rings. The fraction of sp³-hybridized carbons (Fsp3) is 0.333. The van der Waals surface area contributed by atoms with Gasteiger partial charge in [-0.3, -0.25) is 9.97 Å². The highest BCUT2D eigenvalue weighted by Gasteiger charge is 2.26. The fourth-order valence-electron chi connectivity index (χ4n) is 2.42. The zero-order chi connectivity index (χ0) is 12.0. The maximum Gasteiger partial charge on any atom is 0.0723 e. The topological polar surface area (TPSA) is 25.8 Å². The third-order valence-corrected chi connectivity index (χ3v) is 3.46. The average molecular weight is 224 g/mol. The summed E-state index contributed by atoms with van der Waals surface area (Å²) in [5.41, 5.74) is 3.37. The molecule has 3 rings (SSSR count). The Bertz CT molecular complexity index is 624. The molecule has 2 aromatic rings. The Morgan fingerprint density at radius 2 is 2.12 bits per heavy atom. The van der Waals surface area contributed by atoms with Gasteiger partial charge >= 0.3 is 0 Å². The minimum absolute atomic E-state index is 0.000532. The minimum Gasteiger partial charge on any atom is -0.256 e. The fourth-order valence-corrected chi connectivity index (χ4v) is 2.42. The minimum atomic E-state index is -0.000532. The van der Waals surface area contributed by atoms with Crippen LogP contribution in [0.15, 0.2) is 24.4 Å². The molecule has 1 aliphatic carbocycles. The van der Waals surface area contributed by atoms with E-state index in [0.29, 0.717) is 0 Å². The number of hydrogen-bond donors (Lipinski definition) is 0. The van der Waals surface area contributed by atoms with Crippen molar-refractivity contribution in [1.82, 2.24) is 9.97 Å². The van der Waals surface area contributed by atoms with Gasteiger partial charge in [0.05, 0.1) is 11.4 Å². The monoisotopic (exact) mass is 224 g/mol. The molecule has 2 heteroatoms. The number of pyridine rings is 2. The first kappa shape index (κ1) is 10.5. The second kappa shape index (κ2) is 3.39. The van der Waals surface area contributed by atoms with Crippen molar-refractivity contribution in [2.75, 3.05) is 0 Å². The summed E-state index contributed by atoms with van der Waals surface area (Å²) in [5, 5.41) is 2.48. The maximum atomic E-state index is 4.81. The summed E-state index contributed by atoms with van der Waals surface area (Å²) in [5.74, 6) is 0. The van der Waals surface area contributed by atoms with Gasteiger partial charge in [-0.15, -0.1) is 0 Å². The molecule has 86 valence electrons. The van der Waals surface area contributed by atoms with Crippen LogP contribution in [0, 0.1) is 0 Å². The van der Waals surface area contributed by atoms with Gasteiger partial charge < -0.3 is 0 Å². The van der Waals surface area contributed by atoms with Crippen molar-refractivity contribution in [3.05, 3.63) is 41.5 Å². The molecule has 0 saturated heterocycles. The largest absolute Gasteiger partial charge is 0.256 e. The smallest absolute Gasteiger partial charge is 0.0723 e. The van der Waals surface area contributed by atoms with E-state index in [-0.39, 0.29) is 5.41 Å². The number of allylic oxidation sites excluding steroid dienone is 1. The van der Waals surface area contributed by atoms with Crippen LogP contribution in [0.3, 0.4) is 0 Å². The number of aryl methyl sites for hydroxylation is 1. The van der Waals surface area contributed by atoms with Crippen LogP contribution in [0.1, 0.15) is 37.9 Å². The normalized spacial score (nSPS) is 16.4. The second-order valence-corrected chi connectivity index (χ2v) is 5.17.